The molecule has 0 atom stereocenters. The molecule has 0 saturated carbocycles. The minimum absolute atomic E-state index is 0.163. The van der Waals surface area contributed by atoms with Crippen molar-refractivity contribution in [1.82, 2.24) is 0 Å². The van der Waals surface area contributed by atoms with Crippen molar-refractivity contribution in [3.05, 3.63) is 21.4 Å². The van der Waals surface area contributed by atoms with Crippen LogP contribution in [0.1, 0.15) is 40.9 Å². The van der Waals surface area contributed by atoms with Gasteiger partial charge in [0.15, 0.2) is 6.29 Å². The zero-order valence-electron chi connectivity index (χ0n) is 7.97. The molecule has 0 radical (unpaired) electrons. The SMILES string of the molecule is Cc1cc(C(C)(C)C)sc1C=O. The Hall–Kier alpha value is -0.630. The fourth-order valence-corrected chi connectivity index (χ4v) is 2.03. The van der Waals surface area contributed by atoms with Gasteiger partial charge in [-0.3, -0.25) is 4.79 Å². The first kappa shape index (κ1) is 9.46. The van der Waals surface area contributed by atoms with Crippen LogP contribution in [0.5, 0.6) is 0 Å². The van der Waals surface area contributed by atoms with Crippen LogP contribution in [-0.4, -0.2) is 6.29 Å². The lowest BCUT2D eigenvalue weighted by Gasteiger charge is -2.15. The summed E-state index contributed by atoms with van der Waals surface area (Å²) >= 11 is 1.60. The van der Waals surface area contributed by atoms with E-state index in [-0.39, 0.29) is 5.41 Å². The Bertz CT molecular complexity index is 291. The Kier molecular flexibility index (Phi) is 2.38. The number of carbonyl (C=O) groups excluding carboxylic acids is 1. The maximum absolute atomic E-state index is 10.6. The third-order valence-electron chi connectivity index (χ3n) is 1.80. The molecule has 0 bridgehead atoms. The van der Waals surface area contributed by atoms with Crippen molar-refractivity contribution in [2.24, 2.45) is 0 Å². The minimum atomic E-state index is 0.163. The summed E-state index contributed by atoms with van der Waals surface area (Å²) in [4.78, 5) is 12.7. The number of aryl methyl sites for hydroxylation is 1. The summed E-state index contributed by atoms with van der Waals surface area (Å²) in [6, 6.07) is 2.11. The fourth-order valence-electron chi connectivity index (χ4n) is 0.983. The summed E-state index contributed by atoms with van der Waals surface area (Å²) in [7, 11) is 0. The van der Waals surface area contributed by atoms with Crippen LogP contribution < -0.4 is 0 Å². The molecule has 0 aromatic carbocycles. The van der Waals surface area contributed by atoms with E-state index in [1.54, 1.807) is 11.3 Å². The van der Waals surface area contributed by atoms with E-state index in [9.17, 15) is 4.79 Å². The molecule has 1 aromatic rings. The first-order chi connectivity index (χ1) is 5.45. The van der Waals surface area contributed by atoms with Crippen LogP contribution in [-0.2, 0) is 5.41 Å². The van der Waals surface area contributed by atoms with E-state index < -0.39 is 0 Å². The van der Waals surface area contributed by atoms with Crippen molar-refractivity contribution >= 4 is 17.6 Å². The van der Waals surface area contributed by atoms with Crippen LogP contribution in [0.2, 0.25) is 0 Å². The molecule has 66 valence electrons. The monoisotopic (exact) mass is 182 g/mol. The summed E-state index contributed by atoms with van der Waals surface area (Å²) in [5, 5.41) is 0. The Labute approximate surface area is 77.4 Å². The van der Waals surface area contributed by atoms with Crippen molar-refractivity contribution in [3.8, 4) is 0 Å². The molecule has 1 heterocycles. The van der Waals surface area contributed by atoms with Crippen LogP contribution in [0.25, 0.3) is 0 Å². The minimum Gasteiger partial charge on any atom is -0.297 e. The van der Waals surface area contributed by atoms with E-state index in [0.717, 1.165) is 16.7 Å². The highest BCUT2D eigenvalue weighted by Gasteiger charge is 2.17. The van der Waals surface area contributed by atoms with Gasteiger partial charge in [0.05, 0.1) is 4.88 Å². The van der Waals surface area contributed by atoms with Crippen molar-refractivity contribution in [2.75, 3.05) is 0 Å². The molecule has 0 aliphatic carbocycles. The average molecular weight is 182 g/mol. The number of hydrogen-bond donors (Lipinski definition) is 0. The molecule has 0 N–H and O–H groups in total. The van der Waals surface area contributed by atoms with E-state index in [1.165, 1.54) is 4.88 Å². The molecular formula is C10H14OS. The van der Waals surface area contributed by atoms with Crippen molar-refractivity contribution in [1.29, 1.82) is 0 Å². The van der Waals surface area contributed by atoms with Crippen molar-refractivity contribution in [2.45, 2.75) is 33.1 Å². The van der Waals surface area contributed by atoms with Gasteiger partial charge in [0, 0.05) is 4.88 Å². The quantitative estimate of drug-likeness (QED) is 0.610. The highest BCUT2D eigenvalue weighted by Crippen LogP contribution is 2.31. The molecular weight excluding hydrogens is 168 g/mol. The van der Waals surface area contributed by atoms with Crippen molar-refractivity contribution in [3.63, 3.8) is 0 Å². The van der Waals surface area contributed by atoms with Gasteiger partial charge in [-0.05, 0) is 24.0 Å². The molecule has 0 saturated heterocycles. The van der Waals surface area contributed by atoms with Gasteiger partial charge in [-0.2, -0.15) is 0 Å². The van der Waals surface area contributed by atoms with Gasteiger partial charge >= 0.3 is 0 Å². The maximum atomic E-state index is 10.6. The van der Waals surface area contributed by atoms with E-state index >= 15 is 0 Å². The lowest BCUT2D eigenvalue weighted by atomic mass is 9.94. The number of rotatable bonds is 1. The second-order valence-electron chi connectivity index (χ2n) is 4.03. The van der Waals surface area contributed by atoms with E-state index in [2.05, 4.69) is 26.8 Å². The molecule has 1 aromatic heterocycles. The van der Waals surface area contributed by atoms with Crippen LogP contribution in [0.3, 0.4) is 0 Å². The normalized spacial score (nSPS) is 11.7. The Balaban J connectivity index is 3.13. The van der Waals surface area contributed by atoms with Gasteiger partial charge in [-0.1, -0.05) is 20.8 Å². The predicted molar refractivity (Wildman–Crippen MR) is 53.1 cm³/mol. The number of hydrogen-bond acceptors (Lipinski definition) is 2. The highest BCUT2D eigenvalue weighted by molar-refractivity contribution is 7.14. The van der Waals surface area contributed by atoms with Crippen LogP contribution in [0.4, 0.5) is 0 Å². The molecule has 0 unspecified atom stereocenters. The summed E-state index contributed by atoms with van der Waals surface area (Å²) in [5.74, 6) is 0. The predicted octanol–water partition coefficient (Wildman–Crippen LogP) is 3.17. The van der Waals surface area contributed by atoms with Gasteiger partial charge in [0.1, 0.15) is 0 Å². The Morgan fingerprint density at radius 3 is 2.25 bits per heavy atom. The topological polar surface area (TPSA) is 17.1 Å². The third-order valence-corrected chi connectivity index (χ3v) is 3.39. The zero-order valence-corrected chi connectivity index (χ0v) is 8.79. The maximum Gasteiger partial charge on any atom is 0.160 e. The largest absolute Gasteiger partial charge is 0.297 e. The van der Waals surface area contributed by atoms with Gasteiger partial charge in [0.25, 0.3) is 0 Å². The zero-order chi connectivity index (χ0) is 9.35. The molecule has 1 nitrogen and oxygen atoms in total. The molecule has 2 heteroatoms. The van der Waals surface area contributed by atoms with Crippen LogP contribution >= 0.6 is 11.3 Å². The molecule has 0 amide bonds. The summed E-state index contributed by atoms with van der Waals surface area (Å²) in [6.45, 7) is 8.46. The average Bonchev–Trinajstić information content (AvgIpc) is 2.29. The van der Waals surface area contributed by atoms with E-state index in [0.29, 0.717) is 0 Å². The van der Waals surface area contributed by atoms with Gasteiger partial charge in [0.2, 0.25) is 0 Å². The third kappa shape index (κ3) is 1.75. The van der Waals surface area contributed by atoms with Gasteiger partial charge in [-0.25, -0.2) is 0 Å². The summed E-state index contributed by atoms with van der Waals surface area (Å²) in [6.07, 6.45) is 0.940. The standard InChI is InChI=1S/C10H14OS/c1-7-5-9(10(2,3)4)12-8(7)6-11/h5-6H,1-4H3. The van der Waals surface area contributed by atoms with E-state index in [1.807, 2.05) is 6.92 Å². The summed E-state index contributed by atoms with van der Waals surface area (Å²) in [5.41, 5.74) is 1.26. The molecule has 0 spiro atoms. The lowest BCUT2D eigenvalue weighted by molar-refractivity contribution is 0.112. The lowest BCUT2D eigenvalue weighted by Crippen LogP contribution is -2.07. The van der Waals surface area contributed by atoms with E-state index in [4.69, 9.17) is 0 Å². The van der Waals surface area contributed by atoms with Crippen molar-refractivity contribution < 1.29 is 4.79 Å². The smallest absolute Gasteiger partial charge is 0.160 e. The first-order valence-corrected chi connectivity index (χ1v) is 4.83. The molecule has 12 heavy (non-hydrogen) atoms. The van der Waals surface area contributed by atoms with Crippen LogP contribution in [0.15, 0.2) is 6.07 Å². The second-order valence-corrected chi connectivity index (χ2v) is 5.11. The Morgan fingerprint density at radius 2 is 2.00 bits per heavy atom. The molecule has 0 aliphatic rings. The molecule has 0 fully saturated rings. The van der Waals surface area contributed by atoms with Gasteiger partial charge < -0.3 is 0 Å². The van der Waals surface area contributed by atoms with Crippen LogP contribution in [0, 0.1) is 6.92 Å². The highest BCUT2D eigenvalue weighted by atomic mass is 32.1. The summed E-state index contributed by atoms with van der Waals surface area (Å²) < 4.78 is 0. The van der Waals surface area contributed by atoms with Gasteiger partial charge in [-0.15, -0.1) is 11.3 Å². The number of carbonyl (C=O) groups is 1. The number of aldehydes is 1. The Morgan fingerprint density at radius 1 is 1.42 bits per heavy atom. The number of thiophene rings is 1. The second kappa shape index (κ2) is 3.02. The first-order valence-electron chi connectivity index (χ1n) is 4.01. The fraction of sp³-hybridized carbons (Fsp3) is 0.500. The molecule has 1 rings (SSSR count). The molecule has 0 aliphatic heterocycles.